The van der Waals surface area contributed by atoms with Crippen LogP contribution in [0.5, 0.6) is 0 Å². The number of nitrogens with zero attached hydrogens (tertiary/aromatic N) is 1. The van der Waals surface area contributed by atoms with Crippen LogP contribution in [0.4, 0.5) is 5.69 Å². The average Bonchev–Trinajstić information content (AvgIpc) is 2.82. The zero-order valence-corrected chi connectivity index (χ0v) is 10.1. The van der Waals surface area contributed by atoms with Gasteiger partial charge in [0.05, 0.1) is 11.9 Å². The minimum absolute atomic E-state index is 0.490. The normalized spacial score (nSPS) is 16.9. The molecule has 0 radical (unpaired) electrons. The highest BCUT2D eigenvalue weighted by Gasteiger charge is 2.13. The van der Waals surface area contributed by atoms with Crippen LogP contribution >= 0.6 is 0 Å². The lowest BCUT2D eigenvalue weighted by Crippen LogP contribution is -2.35. The molecule has 1 aliphatic rings. The summed E-state index contributed by atoms with van der Waals surface area (Å²) in [7, 11) is 0. The first-order chi connectivity index (χ1) is 8.86. The average molecular weight is 244 g/mol. The number of aromatic nitrogens is 2. The molecule has 0 bridgehead atoms. The number of piperidine rings is 1. The molecule has 0 spiro atoms. The number of rotatable bonds is 3. The van der Waals surface area contributed by atoms with Crippen molar-refractivity contribution in [2.24, 2.45) is 0 Å². The van der Waals surface area contributed by atoms with Gasteiger partial charge in [-0.25, -0.2) is 4.98 Å². The number of hydrogen-bond acceptors (Lipinski definition) is 4. The SMILES string of the molecule is O=Cc1c[nH]c2ncc(NC3CCNCC3)cc12. The number of aldehydes is 1. The number of aromatic amines is 1. The largest absolute Gasteiger partial charge is 0.381 e. The van der Waals surface area contributed by atoms with Crippen LogP contribution < -0.4 is 10.6 Å². The van der Waals surface area contributed by atoms with Crippen LogP contribution in [-0.2, 0) is 0 Å². The van der Waals surface area contributed by atoms with Crippen molar-refractivity contribution in [2.45, 2.75) is 18.9 Å². The summed E-state index contributed by atoms with van der Waals surface area (Å²) in [6.45, 7) is 2.11. The van der Waals surface area contributed by atoms with Gasteiger partial charge in [-0.1, -0.05) is 0 Å². The van der Waals surface area contributed by atoms with Gasteiger partial charge in [-0.05, 0) is 32.0 Å². The summed E-state index contributed by atoms with van der Waals surface area (Å²) in [6.07, 6.45) is 6.60. The van der Waals surface area contributed by atoms with Crippen molar-refractivity contribution in [1.29, 1.82) is 0 Å². The summed E-state index contributed by atoms with van der Waals surface area (Å²) < 4.78 is 0. The quantitative estimate of drug-likeness (QED) is 0.716. The Bertz CT molecular complexity index is 557. The van der Waals surface area contributed by atoms with Crippen LogP contribution in [0.15, 0.2) is 18.5 Å². The predicted octanol–water partition coefficient (Wildman–Crippen LogP) is 1.54. The highest BCUT2D eigenvalue weighted by atomic mass is 16.1. The van der Waals surface area contributed by atoms with Crippen molar-refractivity contribution < 1.29 is 4.79 Å². The van der Waals surface area contributed by atoms with Gasteiger partial charge in [-0.2, -0.15) is 0 Å². The van der Waals surface area contributed by atoms with Crippen molar-refractivity contribution >= 4 is 23.0 Å². The van der Waals surface area contributed by atoms with E-state index in [1.165, 1.54) is 0 Å². The minimum Gasteiger partial charge on any atom is -0.381 e. The Labute approximate surface area is 105 Å². The Hall–Kier alpha value is -1.88. The van der Waals surface area contributed by atoms with Crippen LogP contribution in [-0.4, -0.2) is 35.4 Å². The summed E-state index contributed by atoms with van der Waals surface area (Å²) in [5.74, 6) is 0. The molecular weight excluding hydrogens is 228 g/mol. The molecule has 5 nitrogen and oxygen atoms in total. The number of fused-ring (bicyclic) bond motifs is 1. The summed E-state index contributed by atoms with van der Waals surface area (Å²) in [4.78, 5) is 18.2. The number of pyridine rings is 1. The van der Waals surface area contributed by atoms with E-state index in [-0.39, 0.29) is 0 Å². The first-order valence-corrected chi connectivity index (χ1v) is 6.26. The lowest BCUT2D eigenvalue weighted by molar-refractivity contribution is 0.112. The maximum absolute atomic E-state index is 10.9. The Morgan fingerprint density at radius 3 is 3.00 bits per heavy atom. The number of anilines is 1. The van der Waals surface area contributed by atoms with Gasteiger partial charge >= 0.3 is 0 Å². The molecule has 0 atom stereocenters. The fraction of sp³-hybridized carbons (Fsp3) is 0.385. The lowest BCUT2D eigenvalue weighted by Gasteiger charge is -2.24. The summed E-state index contributed by atoms with van der Waals surface area (Å²) in [5.41, 5.74) is 2.40. The van der Waals surface area contributed by atoms with Crippen molar-refractivity contribution in [2.75, 3.05) is 18.4 Å². The first kappa shape index (κ1) is 11.2. The van der Waals surface area contributed by atoms with Crippen molar-refractivity contribution in [3.05, 3.63) is 24.0 Å². The Morgan fingerprint density at radius 2 is 2.22 bits per heavy atom. The molecule has 0 aromatic carbocycles. The van der Waals surface area contributed by atoms with E-state index in [0.717, 1.165) is 48.9 Å². The van der Waals surface area contributed by atoms with Gasteiger partial charge in [-0.15, -0.1) is 0 Å². The second-order valence-electron chi connectivity index (χ2n) is 4.65. The van der Waals surface area contributed by atoms with E-state index in [2.05, 4.69) is 20.6 Å². The molecule has 0 saturated carbocycles. The molecule has 3 rings (SSSR count). The zero-order valence-electron chi connectivity index (χ0n) is 10.1. The molecule has 2 aromatic rings. The van der Waals surface area contributed by atoms with Crippen LogP contribution in [0.25, 0.3) is 11.0 Å². The Morgan fingerprint density at radius 1 is 1.39 bits per heavy atom. The molecule has 5 heteroatoms. The van der Waals surface area contributed by atoms with E-state index in [0.29, 0.717) is 11.6 Å². The van der Waals surface area contributed by atoms with Crippen molar-refractivity contribution in [3.63, 3.8) is 0 Å². The number of nitrogens with one attached hydrogen (secondary N) is 3. The Balaban J connectivity index is 1.85. The maximum atomic E-state index is 10.9. The fourth-order valence-corrected chi connectivity index (χ4v) is 2.40. The standard InChI is InChI=1S/C13H16N4O/c18-8-9-6-15-13-12(9)5-11(7-16-13)17-10-1-3-14-4-2-10/h5-8,10,14,17H,1-4H2,(H,15,16). The van der Waals surface area contributed by atoms with Crippen molar-refractivity contribution in [3.8, 4) is 0 Å². The highest BCUT2D eigenvalue weighted by Crippen LogP contribution is 2.20. The fourth-order valence-electron chi connectivity index (χ4n) is 2.40. The van der Waals surface area contributed by atoms with E-state index in [1.807, 2.05) is 12.3 Å². The van der Waals surface area contributed by atoms with E-state index in [4.69, 9.17) is 0 Å². The van der Waals surface area contributed by atoms with Gasteiger partial charge in [-0.3, -0.25) is 4.79 Å². The molecule has 1 saturated heterocycles. The molecule has 18 heavy (non-hydrogen) atoms. The molecule has 94 valence electrons. The highest BCUT2D eigenvalue weighted by molar-refractivity contribution is 5.96. The lowest BCUT2D eigenvalue weighted by atomic mass is 10.1. The molecule has 1 aliphatic heterocycles. The molecule has 0 unspecified atom stereocenters. The number of hydrogen-bond donors (Lipinski definition) is 3. The Kier molecular flexibility index (Phi) is 2.98. The van der Waals surface area contributed by atoms with Crippen LogP contribution in [0.1, 0.15) is 23.2 Å². The van der Waals surface area contributed by atoms with Crippen LogP contribution in [0.2, 0.25) is 0 Å². The molecular formula is C13H16N4O. The molecule has 2 aromatic heterocycles. The van der Waals surface area contributed by atoms with Gasteiger partial charge in [0.2, 0.25) is 0 Å². The van der Waals surface area contributed by atoms with E-state index in [1.54, 1.807) is 6.20 Å². The second-order valence-corrected chi connectivity index (χ2v) is 4.65. The van der Waals surface area contributed by atoms with Gasteiger partial charge in [0.15, 0.2) is 6.29 Å². The third kappa shape index (κ3) is 2.09. The van der Waals surface area contributed by atoms with Gasteiger partial charge < -0.3 is 15.6 Å². The number of H-pyrrole nitrogens is 1. The number of carbonyl (C=O) groups excluding carboxylic acids is 1. The first-order valence-electron chi connectivity index (χ1n) is 6.26. The number of carbonyl (C=O) groups is 1. The van der Waals surface area contributed by atoms with Crippen LogP contribution in [0, 0.1) is 0 Å². The predicted molar refractivity (Wildman–Crippen MR) is 71.0 cm³/mol. The van der Waals surface area contributed by atoms with Crippen LogP contribution in [0.3, 0.4) is 0 Å². The summed E-state index contributed by atoms with van der Waals surface area (Å²) >= 11 is 0. The third-order valence-corrected chi connectivity index (χ3v) is 3.40. The molecule has 3 heterocycles. The summed E-state index contributed by atoms with van der Waals surface area (Å²) in [5, 5.41) is 7.70. The molecule has 1 fully saturated rings. The molecule has 3 N–H and O–H groups in total. The van der Waals surface area contributed by atoms with Gasteiger partial charge in [0.1, 0.15) is 5.65 Å². The molecule has 0 aliphatic carbocycles. The summed E-state index contributed by atoms with van der Waals surface area (Å²) in [6, 6.07) is 2.48. The minimum atomic E-state index is 0.490. The maximum Gasteiger partial charge on any atom is 0.152 e. The topological polar surface area (TPSA) is 69.8 Å². The smallest absolute Gasteiger partial charge is 0.152 e. The van der Waals surface area contributed by atoms with E-state index in [9.17, 15) is 4.79 Å². The van der Waals surface area contributed by atoms with E-state index >= 15 is 0 Å². The van der Waals surface area contributed by atoms with Gasteiger partial charge in [0.25, 0.3) is 0 Å². The molecule has 0 amide bonds. The van der Waals surface area contributed by atoms with Gasteiger partial charge in [0, 0.05) is 23.2 Å². The monoisotopic (exact) mass is 244 g/mol. The van der Waals surface area contributed by atoms with E-state index < -0.39 is 0 Å². The zero-order chi connectivity index (χ0) is 12.4. The van der Waals surface area contributed by atoms with Crippen molar-refractivity contribution in [1.82, 2.24) is 15.3 Å². The third-order valence-electron chi connectivity index (χ3n) is 3.40. The second kappa shape index (κ2) is 4.78.